The summed E-state index contributed by atoms with van der Waals surface area (Å²) >= 11 is 0. The molecule has 1 aromatic carbocycles. The Kier molecular flexibility index (Phi) is 3.73. The minimum Gasteiger partial charge on any atom is -0.390 e. The van der Waals surface area contributed by atoms with Gasteiger partial charge in [-0.1, -0.05) is 24.3 Å². The van der Waals surface area contributed by atoms with Crippen LogP contribution in [0.25, 0.3) is 0 Å². The molecule has 2 aromatic rings. The predicted molar refractivity (Wildman–Crippen MR) is 90.1 cm³/mol. The summed E-state index contributed by atoms with van der Waals surface area (Å²) in [6.07, 6.45) is 3.75. The molecular weight excluding hydrogens is 304 g/mol. The Morgan fingerprint density at radius 2 is 1.96 bits per heavy atom. The molecule has 0 bridgehead atoms. The Labute approximate surface area is 139 Å². The molecule has 0 spiro atoms. The zero-order chi connectivity index (χ0) is 16.7. The van der Waals surface area contributed by atoms with Crippen molar-refractivity contribution in [3.05, 3.63) is 68.6 Å². The number of fused-ring (bicyclic) bond motifs is 2. The summed E-state index contributed by atoms with van der Waals surface area (Å²) in [6, 6.07) is 8.93. The van der Waals surface area contributed by atoms with Crippen LogP contribution >= 0.6 is 0 Å². The highest BCUT2D eigenvalue weighted by atomic mass is 16.3. The second-order valence-electron chi connectivity index (χ2n) is 6.64. The van der Waals surface area contributed by atoms with Crippen molar-refractivity contribution >= 4 is 5.91 Å². The van der Waals surface area contributed by atoms with Gasteiger partial charge in [-0.05, 0) is 48.4 Å². The van der Waals surface area contributed by atoms with Crippen LogP contribution in [0.15, 0.2) is 35.1 Å². The number of hydrogen-bond acceptors (Lipinski definition) is 3. The number of aliphatic hydroxyl groups is 1. The fourth-order valence-corrected chi connectivity index (χ4v) is 3.81. The first-order valence-electron chi connectivity index (χ1n) is 8.45. The summed E-state index contributed by atoms with van der Waals surface area (Å²) in [5.74, 6) is -0.426. The highest BCUT2D eigenvalue weighted by Gasteiger charge is 2.32. The lowest BCUT2D eigenvalue weighted by molar-refractivity contribution is 0.0856. The first-order valence-corrected chi connectivity index (χ1v) is 8.45. The van der Waals surface area contributed by atoms with E-state index in [1.165, 1.54) is 0 Å². The number of nitrogens with one attached hydrogen (secondary N) is 2. The van der Waals surface area contributed by atoms with E-state index in [0.29, 0.717) is 6.42 Å². The highest BCUT2D eigenvalue weighted by Crippen LogP contribution is 2.31. The maximum Gasteiger partial charge on any atom is 0.261 e. The van der Waals surface area contributed by atoms with Crippen molar-refractivity contribution < 1.29 is 9.90 Å². The molecule has 24 heavy (non-hydrogen) atoms. The number of aromatic nitrogens is 1. The number of amides is 1. The van der Waals surface area contributed by atoms with Crippen LogP contribution in [0.5, 0.6) is 0 Å². The second-order valence-corrected chi connectivity index (χ2v) is 6.64. The van der Waals surface area contributed by atoms with Gasteiger partial charge in [0.25, 0.3) is 11.5 Å². The van der Waals surface area contributed by atoms with Gasteiger partial charge in [0, 0.05) is 12.1 Å². The number of pyridine rings is 1. The van der Waals surface area contributed by atoms with Crippen LogP contribution < -0.4 is 10.9 Å². The van der Waals surface area contributed by atoms with Crippen molar-refractivity contribution in [2.24, 2.45) is 0 Å². The molecule has 1 amide bonds. The summed E-state index contributed by atoms with van der Waals surface area (Å²) in [7, 11) is 0. The molecule has 0 saturated carbocycles. The van der Waals surface area contributed by atoms with Crippen molar-refractivity contribution in [1.29, 1.82) is 0 Å². The fourth-order valence-electron chi connectivity index (χ4n) is 3.81. The number of aryl methyl sites for hydroxylation is 2. The number of aromatic amines is 1. The van der Waals surface area contributed by atoms with E-state index in [4.69, 9.17) is 0 Å². The monoisotopic (exact) mass is 324 g/mol. The van der Waals surface area contributed by atoms with Crippen molar-refractivity contribution in [1.82, 2.24) is 10.3 Å². The van der Waals surface area contributed by atoms with Crippen molar-refractivity contribution in [2.45, 2.75) is 44.2 Å². The van der Waals surface area contributed by atoms with Gasteiger partial charge in [-0.25, -0.2) is 0 Å². The van der Waals surface area contributed by atoms with Gasteiger partial charge in [0.05, 0.1) is 12.1 Å². The van der Waals surface area contributed by atoms with Gasteiger partial charge in [-0.15, -0.1) is 0 Å². The fraction of sp³-hybridized carbons (Fsp3) is 0.368. The first-order chi connectivity index (χ1) is 11.6. The van der Waals surface area contributed by atoms with Gasteiger partial charge in [0.1, 0.15) is 5.56 Å². The van der Waals surface area contributed by atoms with E-state index in [1.807, 2.05) is 24.3 Å². The van der Waals surface area contributed by atoms with Crippen LogP contribution in [0.2, 0.25) is 0 Å². The molecule has 124 valence electrons. The van der Waals surface area contributed by atoms with E-state index in [-0.39, 0.29) is 11.1 Å². The molecule has 0 fully saturated rings. The number of rotatable bonds is 2. The van der Waals surface area contributed by atoms with Gasteiger partial charge in [-0.2, -0.15) is 0 Å². The molecule has 2 atom stereocenters. The lowest BCUT2D eigenvalue weighted by Crippen LogP contribution is -2.37. The number of H-pyrrole nitrogens is 1. The van der Waals surface area contributed by atoms with Crippen molar-refractivity contribution in [2.75, 3.05) is 0 Å². The van der Waals surface area contributed by atoms with Crippen molar-refractivity contribution in [3.8, 4) is 0 Å². The molecular formula is C19H20N2O3. The largest absolute Gasteiger partial charge is 0.390 e. The predicted octanol–water partition coefficient (Wildman–Crippen LogP) is 1.64. The normalized spacial score (nSPS) is 21.9. The second kappa shape index (κ2) is 5.91. The lowest BCUT2D eigenvalue weighted by atomic mass is 9.95. The molecule has 2 aliphatic carbocycles. The van der Waals surface area contributed by atoms with E-state index in [1.54, 1.807) is 6.07 Å². The van der Waals surface area contributed by atoms with Crippen LogP contribution in [-0.2, 0) is 19.3 Å². The SMILES string of the molecule is O=C(N[C@H]1c2ccccc2C[C@H]1O)c1cc2c([nH]c1=O)CCCC2. The molecule has 0 radical (unpaired) electrons. The Hall–Kier alpha value is -2.40. The van der Waals surface area contributed by atoms with Gasteiger partial charge in [-0.3, -0.25) is 9.59 Å². The molecule has 2 aliphatic rings. The van der Waals surface area contributed by atoms with Gasteiger partial charge in [0.2, 0.25) is 0 Å². The zero-order valence-corrected chi connectivity index (χ0v) is 13.3. The Bertz CT molecular complexity index is 856. The molecule has 3 N–H and O–H groups in total. The molecule has 0 aliphatic heterocycles. The zero-order valence-electron chi connectivity index (χ0n) is 13.3. The summed E-state index contributed by atoms with van der Waals surface area (Å²) in [6.45, 7) is 0. The standard InChI is InChI=1S/C19H20N2O3/c22-16-10-11-5-1-3-7-13(11)17(16)21-19(24)14-9-12-6-2-4-8-15(12)20-18(14)23/h1,3,5,7,9,16-17,22H,2,4,6,8,10H2,(H,20,23)(H,21,24)/t16-,17+/m1/s1. The summed E-state index contributed by atoms with van der Waals surface area (Å²) in [5.41, 5.74) is 3.75. The van der Waals surface area contributed by atoms with Crippen molar-refractivity contribution in [3.63, 3.8) is 0 Å². The van der Waals surface area contributed by atoms with Crippen LogP contribution in [0.3, 0.4) is 0 Å². The summed E-state index contributed by atoms with van der Waals surface area (Å²) in [4.78, 5) is 27.7. The highest BCUT2D eigenvalue weighted by molar-refractivity contribution is 5.94. The van der Waals surface area contributed by atoms with E-state index in [2.05, 4.69) is 10.3 Å². The number of carbonyl (C=O) groups is 1. The minimum atomic E-state index is -0.664. The van der Waals surface area contributed by atoms with Gasteiger partial charge >= 0.3 is 0 Å². The summed E-state index contributed by atoms with van der Waals surface area (Å²) < 4.78 is 0. The van der Waals surface area contributed by atoms with Crippen LogP contribution in [0.1, 0.15) is 51.6 Å². The molecule has 4 rings (SSSR count). The molecule has 1 aromatic heterocycles. The van der Waals surface area contributed by atoms with Crippen LogP contribution in [0.4, 0.5) is 0 Å². The lowest BCUT2D eigenvalue weighted by Gasteiger charge is -2.19. The maximum absolute atomic E-state index is 12.6. The van der Waals surface area contributed by atoms with Crippen LogP contribution in [0, 0.1) is 0 Å². The Balaban J connectivity index is 1.62. The van der Waals surface area contributed by atoms with Crippen LogP contribution in [-0.4, -0.2) is 22.1 Å². The minimum absolute atomic E-state index is 0.132. The molecule has 1 heterocycles. The molecule has 0 saturated heterocycles. The number of aliphatic hydroxyl groups excluding tert-OH is 1. The van der Waals surface area contributed by atoms with E-state index < -0.39 is 18.1 Å². The van der Waals surface area contributed by atoms with E-state index >= 15 is 0 Å². The smallest absolute Gasteiger partial charge is 0.261 e. The third-order valence-electron chi connectivity index (χ3n) is 5.07. The third kappa shape index (κ3) is 2.55. The van der Waals surface area contributed by atoms with E-state index in [0.717, 1.165) is 48.1 Å². The van der Waals surface area contributed by atoms with Gasteiger partial charge in [0.15, 0.2) is 0 Å². The third-order valence-corrected chi connectivity index (χ3v) is 5.07. The Morgan fingerprint density at radius 1 is 1.17 bits per heavy atom. The topological polar surface area (TPSA) is 82.2 Å². The van der Waals surface area contributed by atoms with Gasteiger partial charge < -0.3 is 15.4 Å². The molecule has 5 nitrogen and oxygen atoms in total. The van der Waals surface area contributed by atoms with E-state index in [9.17, 15) is 14.7 Å². The average Bonchev–Trinajstić information content (AvgIpc) is 2.90. The molecule has 0 unspecified atom stereocenters. The molecule has 5 heteroatoms. The Morgan fingerprint density at radius 3 is 2.83 bits per heavy atom. The number of carbonyl (C=O) groups excluding carboxylic acids is 1. The number of hydrogen-bond donors (Lipinski definition) is 3. The number of benzene rings is 1. The summed E-state index contributed by atoms with van der Waals surface area (Å²) in [5, 5.41) is 13.1. The quantitative estimate of drug-likeness (QED) is 0.785. The average molecular weight is 324 g/mol. The first kappa shape index (κ1) is 15.1. The maximum atomic E-state index is 12.6.